The number of carbonyl (C=O) groups is 1. The molecule has 0 aliphatic heterocycles. The van der Waals surface area contributed by atoms with Crippen LogP contribution in [-0.2, 0) is 17.9 Å². The molecule has 0 fully saturated rings. The number of nitrogens with one attached hydrogen (secondary N) is 1. The number of carbonyl (C=O) groups excluding carboxylic acids is 1. The van der Waals surface area contributed by atoms with E-state index in [1.165, 1.54) is 11.8 Å². The van der Waals surface area contributed by atoms with Crippen molar-refractivity contribution < 1.29 is 9.53 Å². The van der Waals surface area contributed by atoms with Gasteiger partial charge in [-0.25, -0.2) is 0 Å². The van der Waals surface area contributed by atoms with E-state index in [-0.39, 0.29) is 11.2 Å². The average Bonchev–Trinajstić information content (AvgIpc) is 3.25. The zero-order chi connectivity index (χ0) is 23.0. The lowest BCUT2D eigenvalue weighted by atomic mass is 10.2. The highest BCUT2D eigenvalue weighted by molar-refractivity contribution is 8.00. The van der Waals surface area contributed by atoms with Crippen LogP contribution in [0, 0.1) is 0 Å². The number of hydrogen-bond acceptors (Lipinski definition) is 6. The Balaban J connectivity index is 1.49. The summed E-state index contributed by atoms with van der Waals surface area (Å²) in [4.78, 5) is 16.9. The van der Waals surface area contributed by atoms with E-state index in [1.54, 1.807) is 19.5 Å². The van der Waals surface area contributed by atoms with Gasteiger partial charge in [0.1, 0.15) is 5.75 Å². The normalized spacial score (nSPS) is 11.7. The van der Waals surface area contributed by atoms with Crippen LogP contribution >= 0.6 is 11.8 Å². The number of hydrogen-bond donors (Lipinski definition) is 1. The van der Waals surface area contributed by atoms with Gasteiger partial charge >= 0.3 is 0 Å². The van der Waals surface area contributed by atoms with E-state index in [0.29, 0.717) is 18.2 Å². The van der Waals surface area contributed by atoms with E-state index in [4.69, 9.17) is 4.74 Å². The molecule has 0 saturated carbocycles. The van der Waals surface area contributed by atoms with Gasteiger partial charge in [0.05, 0.1) is 18.9 Å². The summed E-state index contributed by atoms with van der Waals surface area (Å²) < 4.78 is 7.22. The zero-order valence-electron chi connectivity index (χ0n) is 18.5. The van der Waals surface area contributed by atoms with Crippen molar-refractivity contribution in [3.8, 4) is 17.1 Å². The van der Waals surface area contributed by atoms with Gasteiger partial charge in [-0.3, -0.25) is 14.3 Å². The Morgan fingerprint density at radius 3 is 2.42 bits per heavy atom. The van der Waals surface area contributed by atoms with E-state index in [1.807, 2.05) is 66.1 Å². The number of amides is 1. The number of nitrogens with zero attached hydrogens (tertiary/aromatic N) is 4. The van der Waals surface area contributed by atoms with E-state index in [9.17, 15) is 4.79 Å². The van der Waals surface area contributed by atoms with Crippen LogP contribution in [0.1, 0.15) is 18.1 Å². The number of pyridine rings is 1. The predicted octanol–water partition coefficient (Wildman–Crippen LogP) is 4.19. The van der Waals surface area contributed by atoms with Gasteiger partial charge in [0.2, 0.25) is 5.91 Å². The van der Waals surface area contributed by atoms with E-state index in [2.05, 4.69) is 32.6 Å². The summed E-state index contributed by atoms with van der Waals surface area (Å²) in [5.74, 6) is 1.47. The summed E-state index contributed by atoms with van der Waals surface area (Å²) in [7, 11) is 1.63. The Bertz CT molecular complexity index is 1180. The van der Waals surface area contributed by atoms with Gasteiger partial charge in [0.25, 0.3) is 0 Å². The molecule has 0 spiro atoms. The van der Waals surface area contributed by atoms with E-state index in [0.717, 1.165) is 28.3 Å². The number of methoxy groups -OCH3 is 1. The molecule has 4 rings (SSSR count). The Morgan fingerprint density at radius 1 is 1.00 bits per heavy atom. The summed E-state index contributed by atoms with van der Waals surface area (Å²) in [5, 5.41) is 12.2. The van der Waals surface area contributed by atoms with Crippen LogP contribution in [0.25, 0.3) is 11.4 Å². The molecule has 33 heavy (non-hydrogen) atoms. The fraction of sp³-hybridized carbons (Fsp3) is 0.200. The zero-order valence-corrected chi connectivity index (χ0v) is 19.3. The molecule has 1 amide bonds. The maximum Gasteiger partial charge on any atom is 0.233 e. The molecule has 0 aliphatic carbocycles. The number of ether oxygens (including phenoxy) is 1. The molecule has 168 valence electrons. The summed E-state index contributed by atoms with van der Waals surface area (Å²) >= 11 is 1.40. The van der Waals surface area contributed by atoms with E-state index >= 15 is 0 Å². The Labute approximate surface area is 197 Å². The summed E-state index contributed by atoms with van der Waals surface area (Å²) in [6.07, 6.45) is 3.47. The molecule has 0 saturated heterocycles. The van der Waals surface area contributed by atoms with Crippen molar-refractivity contribution in [3.63, 3.8) is 0 Å². The fourth-order valence-electron chi connectivity index (χ4n) is 3.29. The highest BCUT2D eigenvalue weighted by Gasteiger charge is 2.21. The predicted molar refractivity (Wildman–Crippen MR) is 129 cm³/mol. The van der Waals surface area contributed by atoms with Gasteiger partial charge in [-0.05, 0) is 42.3 Å². The molecular weight excluding hydrogens is 434 g/mol. The number of rotatable bonds is 9. The van der Waals surface area contributed by atoms with Crippen molar-refractivity contribution >= 4 is 17.7 Å². The fourth-order valence-corrected chi connectivity index (χ4v) is 4.16. The lowest BCUT2D eigenvalue weighted by Gasteiger charge is -2.14. The minimum atomic E-state index is -0.340. The van der Waals surface area contributed by atoms with Gasteiger partial charge in [-0.1, -0.05) is 54.2 Å². The topological polar surface area (TPSA) is 81.9 Å². The first-order chi connectivity index (χ1) is 16.1. The third-order valence-electron chi connectivity index (χ3n) is 5.12. The summed E-state index contributed by atoms with van der Waals surface area (Å²) in [6, 6.07) is 21.6. The lowest BCUT2D eigenvalue weighted by molar-refractivity contribution is -0.120. The number of benzene rings is 2. The van der Waals surface area contributed by atoms with Crippen LogP contribution in [0.2, 0.25) is 0 Å². The first-order valence-electron chi connectivity index (χ1n) is 10.6. The van der Waals surface area contributed by atoms with Crippen LogP contribution in [0.15, 0.2) is 84.3 Å². The minimum absolute atomic E-state index is 0.0597. The van der Waals surface area contributed by atoms with Gasteiger partial charge in [0, 0.05) is 24.5 Å². The van der Waals surface area contributed by atoms with Gasteiger partial charge < -0.3 is 10.1 Å². The molecular formula is C25H25N5O2S. The Morgan fingerprint density at radius 2 is 1.73 bits per heavy atom. The van der Waals surface area contributed by atoms with Gasteiger partial charge in [-0.15, -0.1) is 10.2 Å². The smallest absolute Gasteiger partial charge is 0.233 e. The molecule has 1 unspecified atom stereocenters. The Hall–Kier alpha value is -3.65. The van der Waals surface area contributed by atoms with Crippen LogP contribution in [0.3, 0.4) is 0 Å². The van der Waals surface area contributed by atoms with Crippen molar-refractivity contribution in [3.05, 3.63) is 90.3 Å². The van der Waals surface area contributed by atoms with Crippen LogP contribution in [0.5, 0.6) is 5.75 Å². The molecule has 1 N–H and O–H groups in total. The molecule has 0 radical (unpaired) electrons. The molecule has 1 atom stereocenters. The second kappa shape index (κ2) is 10.8. The van der Waals surface area contributed by atoms with Crippen LogP contribution in [-0.4, -0.2) is 38.0 Å². The molecule has 0 aliphatic rings. The van der Waals surface area contributed by atoms with E-state index < -0.39 is 0 Å². The van der Waals surface area contributed by atoms with Crippen molar-refractivity contribution in [1.82, 2.24) is 25.1 Å². The van der Waals surface area contributed by atoms with Crippen molar-refractivity contribution in [2.24, 2.45) is 0 Å². The molecule has 7 nitrogen and oxygen atoms in total. The average molecular weight is 460 g/mol. The Kier molecular flexibility index (Phi) is 7.36. The highest BCUT2D eigenvalue weighted by Crippen LogP contribution is 2.27. The van der Waals surface area contributed by atoms with Crippen LogP contribution in [0.4, 0.5) is 0 Å². The number of thioether (sulfide) groups is 1. The third-order valence-corrected chi connectivity index (χ3v) is 6.20. The molecule has 0 bridgehead atoms. The maximum atomic E-state index is 12.8. The monoisotopic (exact) mass is 459 g/mol. The first kappa shape index (κ1) is 22.5. The molecule has 8 heteroatoms. The quantitative estimate of drug-likeness (QED) is 0.378. The molecule has 2 aromatic carbocycles. The standard InChI is InChI=1S/C25H25N5O2S/c1-18(24(31)27-16-19-8-10-22(32-2)11-9-19)33-25-29-28-23(21-12-14-26-15-13-21)30(25)17-20-6-4-3-5-7-20/h3-15,18H,16-17H2,1-2H3,(H,27,31). The van der Waals surface area contributed by atoms with Crippen LogP contribution < -0.4 is 10.1 Å². The third kappa shape index (κ3) is 5.78. The number of aromatic nitrogens is 4. The SMILES string of the molecule is COc1ccc(CNC(=O)C(C)Sc2nnc(-c3ccncc3)n2Cc2ccccc2)cc1. The lowest BCUT2D eigenvalue weighted by Crippen LogP contribution is -2.30. The first-order valence-corrected chi connectivity index (χ1v) is 11.5. The maximum absolute atomic E-state index is 12.8. The second-order valence-corrected chi connectivity index (χ2v) is 8.75. The molecule has 2 aromatic heterocycles. The minimum Gasteiger partial charge on any atom is -0.497 e. The molecule has 4 aromatic rings. The van der Waals surface area contributed by atoms with Gasteiger partial charge in [-0.2, -0.15) is 0 Å². The highest BCUT2D eigenvalue weighted by atomic mass is 32.2. The van der Waals surface area contributed by atoms with Crippen molar-refractivity contribution in [2.45, 2.75) is 30.4 Å². The second-order valence-electron chi connectivity index (χ2n) is 7.44. The van der Waals surface area contributed by atoms with Crippen molar-refractivity contribution in [1.29, 1.82) is 0 Å². The van der Waals surface area contributed by atoms with Gasteiger partial charge in [0.15, 0.2) is 11.0 Å². The largest absolute Gasteiger partial charge is 0.497 e. The molecule has 2 heterocycles. The summed E-state index contributed by atoms with van der Waals surface area (Å²) in [6.45, 7) is 2.93. The van der Waals surface area contributed by atoms with Crippen molar-refractivity contribution in [2.75, 3.05) is 7.11 Å². The summed E-state index contributed by atoms with van der Waals surface area (Å²) in [5.41, 5.74) is 3.07.